The molecule has 0 aliphatic heterocycles. The molecule has 0 unspecified atom stereocenters. The summed E-state index contributed by atoms with van der Waals surface area (Å²) >= 11 is 0. The van der Waals surface area contributed by atoms with Crippen LogP contribution in [0.4, 0.5) is 13.2 Å². The lowest BCUT2D eigenvalue weighted by atomic mass is 10.1. The lowest BCUT2D eigenvalue weighted by molar-refractivity contribution is -0.137. The highest BCUT2D eigenvalue weighted by Gasteiger charge is 2.30. The second-order valence-corrected chi connectivity index (χ2v) is 5.92. The SMILES string of the molecule is O=C(CCNC(=O)Cc1ccccc1)NCC#Cc1cccc(C(F)(F)F)c1. The first-order chi connectivity index (χ1) is 13.3. The first-order valence-corrected chi connectivity index (χ1v) is 8.58. The summed E-state index contributed by atoms with van der Waals surface area (Å²) < 4.78 is 37.9. The normalized spacial score (nSPS) is 10.5. The van der Waals surface area contributed by atoms with Crippen molar-refractivity contribution in [1.82, 2.24) is 10.6 Å². The van der Waals surface area contributed by atoms with Crippen molar-refractivity contribution in [2.45, 2.75) is 19.0 Å². The standard InChI is InChI=1S/C21H19F3N2O2/c22-21(23,24)18-10-4-8-16(14-18)9-5-12-25-19(27)11-13-26-20(28)15-17-6-2-1-3-7-17/h1-4,6-8,10,14H,11-13,15H2,(H,25,27)(H,26,28). The lowest BCUT2D eigenvalue weighted by Gasteiger charge is -2.06. The maximum absolute atomic E-state index is 12.6. The van der Waals surface area contributed by atoms with E-state index in [1.165, 1.54) is 12.1 Å². The molecule has 2 rings (SSSR count). The molecule has 0 aliphatic carbocycles. The van der Waals surface area contributed by atoms with Crippen molar-refractivity contribution in [3.63, 3.8) is 0 Å². The molecule has 7 heteroatoms. The number of hydrogen-bond donors (Lipinski definition) is 2. The van der Waals surface area contributed by atoms with Gasteiger partial charge in [-0.25, -0.2) is 0 Å². The molecule has 0 heterocycles. The monoisotopic (exact) mass is 388 g/mol. The Balaban J connectivity index is 1.68. The van der Waals surface area contributed by atoms with Crippen LogP contribution in [0.15, 0.2) is 54.6 Å². The Bertz CT molecular complexity index is 868. The van der Waals surface area contributed by atoms with Gasteiger partial charge in [0.25, 0.3) is 0 Å². The van der Waals surface area contributed by atoms with Gasteiger partial charge in [-0.15, -0.1) is 0 Å². The molecule has 146 valence electrons. The van der Waals surface area contributed by atoms with Gasteiger partial charge in [-0.1, -0.05) is 48.2 Å². The molecule has 2 aromatic carbocycles. The van der Waals surface area contributed by atoms with Gasteiger partial charge in [0.2, 0.25) is 11.8 Å². The molecule has 0 saturated carbocycles. The number of nitrogens with one attached hydrogen (secondary N) is 2. The minimum absolute atomic E-state index is 0.00698. The van der Waals surface area contributed by atoms with Crippen molar-refractivity contribution >= 4 is 11.8 Å². The van der Waals surface area contributed by atoms with E-state index < -0.39 is 11.7 Å². The fourth-order valence-corrected chi connectivity index (χ4v) is 2.31. The predicted molar refractivity (Wildman–Crippen MR) is 99.1 cm³/mol. The summed E-state index contributed by atoms with van der Waals surface area (Å²) in [6, 6.07) is 13.9. The Kier molecular flexibility index (Phi) is 7.64. The quantitative estimate of drug-likeness (QED) is 0.748. The second kappa shape index (κ2) is 10.2. The van der Waals surface area contributed by atoms with Gasteiger partial charge in [-0.05, 0) is 23.8 Å². The Labute approximate surface area is 161 Å². The van der Waals surface area contributed by atoms with Crippen molar-refractivity contribution in [2.24, 2.45) is 0 Å². The fraction of sp³-hybridized carbons (Fsp3) is 0.238. The van der Waals surface area contributed by atoms with E-state index in [0.29, 0.717) is 0 Å². The Morgan fingerprint density at radius 2 is 1.68 bits per heavy atom. The van der Waals surface area contributed by atoms with Crippen LogP contribution in [0.5, 0.6) is 0 Å². The highest BCUT2D eigenvalue weighted by atomic mass is 19.4. The predicted octanol–water partition coefficient (Wildman–Crippen LogP) is 2.92. The summed E-state index contributed by atoms with van der Waals surface area (Å²) in [5.41, 5.74) is 0.334. The summed E-state index contributed by atoms with van der Waals surface area (Å²) in [7, 11) is 0. The summed E-state index contributed by atoms with van der Waals surface area (Å²) in [4.78, 5) is 23.5. The van der Waals surface area contributed by atoms with Crippen LogP contribution in [0.2, 0.25) is 0 Å². The van der Waals surface area contributed by atoms with Gasteiger partial charge in [0, 0.05) is 18.5 Å². The summed E-state index contributed by atoms with van der Waals surface area (Å²) in [5, 5.41) is 5.19. The molecule has 0 radical (unpaired) electrons. The topological polar surface area (TPSA) is 58.2 Å². The van der Waals surface area contributed by atoms with E-state index >= 15 is 0 Å². The number of halogens is 3. The van der Waals surface area contributed by atoms with Crippen LogP contribution in [0.1, 0.15) is 23.1 Å². The molecule has 28 heavy (non-hydrogen) atoms. The van der Waals surface area contributed by atoms with E-state index in [0.717, 1.165) is 17.7 Å². The number of carbonyl (C=O) groups is 2. The number of benzene rings is 2. The van der Waals surface area contributed by atoms with Crippen molar-refractivity contribution in [3.8, 4) is 11.8 Å². The highest BCUT2D eigenvalue weighted by Crippen LogP contribution is 2.29. The van der Waals surface area contributed by atoms with Crippen LogP contribution in [-0.2, 0) is 22.2 Å². The molecular formula is C21H19F3N2O2. The van der Waals surface area contributed by atoms with Gasteiger partial charge in [-0.2, -0.15) is 13.2 Å². The first-order valence-electron chi connectivity index (χ1n) is 8.58. The van der Waals surface area contributed by atoms with Crippen molar-refractivity contribution in [2.75, 3.05) is 13.1 Å². The minimum Gasteiger partial charge on any atom is -0.355 e. The summed E-state index contributed by atoms with van der Waals surface area (Å²) in [6.45, 7) is 0.200. The molecule has 0 bridgehead atoms. The molecule has 0 saturated heterocycles. The lowest BCUT2D eigenvalue weighted by Crippen LogP contribution is -2.31. The maximum Gasteiger partial charge on any atom is 0.416 e. The highest BCUT2D eigenvalue weighted by molar-refractivity contribution is 5.80. The van der Waals surface area contributed by atoms with Gasteiger partial charge in [0.05, 0.1) is 18.5 Å². The number of hydrogen-bond acceptors (Lipinski definition) is 2. The summed E-state index contributed by atoms with van der Waals surface area (Å²) in [5.74, 6) is 4.70. The van der Waals surface area contributed by atoms with Crippen LogP contribution in [0.25, 0.3) is 0 Å². The molecule has 2 N–H and O–H groups in total. The van der Waals surface area contributed by atoms with Crippen molar-refractivity contribution in [3.05, 3.63) is 71.3 Å². The Hall–Kier alpha value is -3.27. The smallest absolute Gasteiger partial charge is 0.355 e. The molecule has 2 amide bonds. The number of amides is 2. The third kappa shape index (κ3) is 7.54. The van der Waals surface area contributed by atoms with Gasteiger partial charge in [-0.3, -0.25) is 9.59 Å². The van der Waals surface area contributed by atoms with E-state index in [1.807, 2.05) is 30.3 Å². The molecule has 0 fully saturated rings. The van der Waals surface area contributed by atoms with Crippen molar-refractivity contribution in [1.29, 1.82) is 0 Å². The maximum atomic E-state index is 12.6. The molecule has 0 spiro atoms. The molecule has 0 aromatic heterocycles. The zero-order chi connectivity index (χ0) is 20.4. The van der Waals surface area contributed by atoms with Crippen LogP contribution < -0.4 is 10.6 Å². The fourth-order valence-electron chi connectivity index (χ4n) is 2.31. The van der Waals surface area contributed by atoms with E-state index in [2.05, 4.69) is 22.5 Å². The van der Waals surface area contributed by atoms with Crippen LogP contribution >= 0.6 is 0 Å². The van der Waals surface area contributed by atoms with E-state index in [1.54, 1.807) is 0 Å². The third-order valence-corrected chi connectivity index (χ3v) is 3.68. The zero-order valence-corrected chi connectivity index (χ0v) is 15.0. The summed E-state index contributed by atoms with van der Waals surface area (Å²) in [6.07, 6.45) is -4.09. The van der Waals surface area contributed by atoms with Crippen LogP contribution in [0.3, 0.4) is 0 Å². The average Bonchev–Trinajstić information content (AvgIpc) is 2.65. The van der Waals surface area contributed by atoms with E-state index in [4.69, 9.17) is 0 Å². The third-order valence-electron chi connectivity index (χ3n) is 3.68. The van der Waals surface area contributed by atoms with Gasteiger partial charge >= 0.3 is 6.18 Å². The molecule has 4 nitrogen and oxygen atoms in total. The van der Waals surface area contributed by atoms with E-state index in [9.17, 15) is 22.8 Å². The number of alkyl halides is 3. The largest absolute Gasteiger partial charge is 0.416 e. The zero-order valence-electron chi connectivity index (χ0n) is 15.0. The second-order valence-electron chi connectivity index (χ2n) is 5.92. The Morgan fingerprint density at radius 1 is 0.929 bits per heavy atom. The first kappa shape index (κ1) is 21.0. The number of rotatable bonds is 6. The van der Waals surface area contributed by atoms with Gasteiger partial charge in [0.1, 0.15) is 0 Å². The average molecular weight is 388 g/mol. The molecular weight excluding hydrogens is 369 g/mol. The van der Waals surface area contributed by atoms with Crippen LogP contribution in [0, 0.1) is 11.8 Å². The van der Waals surface area contributed by atoms with Gasteiger partial charge in [0.15, 0.2) is 0 Å². The number of carbonyl (C=O) groups excluding carboxylic acids is 2. The molecule has 2 aromatic rings. The molecule has 0 atom stereocenters. The molecule has 0 aliphatic rings. The van der Waals surface area contributed by atoms with Crippen molar-refractivity contribution < 1.29 is 22.8 Å². The van der Waals surface area contributed by atoms with Gasteiger partial charge < -0.3 is 10.6 Å². The van der Waals surface area contributed by atoms with E-state index in [-0.39, 0.29) is 43.3 Å². The minimum atomic E-state index is -4.42. The Morgan fingerprint density at radius 3 is 2.39 bits per heavy atom. The van der Waals surface area contributed by atoms with Crippen LogP contribution in [-0.4, -0.2) is 24.9 Å².